The smallest absolute Gasteiger partial charge is 0.416 e. The standard InChI is InChI=1S/C21H16ClF3O4/c1-11-16-10-15(29-19-8-5-14(9-17(19)22)21(23,24)25)6-3-13(16)4-7-18(11)28-12(2)20(26)27/h3-10,12H,1-2H3,(H,26,27). The van der Waals surface area contributed by atoms with Crippen molar-refractivity contribution in [1.82, 2.24) is 0 Å². The molecule has 0 bridgehead atoms. The lowest BCUT2D eigenvalue weighted by Crippen LogP contribution is -2.23. The second kappa shape index (κ2) is 7.83. The monoisotopic (exact) mass is 424 g/mol. The molecule has 0 spiro atoms. The number of alkyl halides is 3. The van der Waals surface area contributed by atoms with Crippen molar-refractivity contribution in [3.8, 4) is 17.2 Å². The molecule has 0 aromatic heterocycles. The average molecular weight is 425 g/mol. The Hall–Kier alpha value is -2.93. The number of aryl methyl sites for hydroxylation is 1. The van der Waals surface area contributed by atoms with Gasteiger partial charge >= 0.3 is 12.1 Å². The minimum absolute atomic E-state index is 0.0866. The molecule has 0 aliphatic heterocycles. The predicted octanol–water partition coefficient (Wildman–Crippen LogP) is 6.46. The van der Waals surface area contributed by atoms with Crippen LogP contribution in [0.25, 0.3) is 10.8 Å². The van der Waals surface area contributed by atoms with Crippen molar-refractivity contribution in [1.29, 1.82) is 0 Å². The van der Waals surface area contributed by atoms with E-state index in [0.29, 0.717) is 17.1 Å². The van der Waals surface area contributed by atoms with Gasteiger partial charge in [0, 0.05) is 0 Å². The van der Waals surface area contributed by atoms with Crippen molar-refractivity contribution < 1.29 is 32.5 Å². The summed E-state index contributed by atoms with van der Waals surface area (Å²) in [5, 5.41) is 10.5. The molecule has 4 nitrogen and oxygen atoms in total. The van der Waals surface area contributed by atoms with E-state index in [0.717, 1.165) is 29.0 Å². The molecule has 3 aromatic carbocycles. The number of hydrogen-bond acceptors (Lipinski definition) is 3. The molecule has 1 N–H and O–H groups in total. The summed E-state index contributed by atoms with van der Waals surface area (Å²) in [5.74, 6) is -0.218. The Labute approximate surface area is 169 Å². The van der Waals surface area contributed by atoms with Gasteiger partial charge in [0.15, 0.2) is 6.10 Å². The quantitative estimate of drug-likeness (QED) is 0.510. The van der Waals surface area contributed by atoms with Crippen molar-refractivity contribution in [3.63, 3.8) is 0 Å². The molecule has 1 unspecified atom stereocenters. The lowest BCUT2D eigenvalue weighted by molar-refractivity contribution is -0.144. The molecule has 0 aliphatic carbocycles. The van der Waals surface area contributed by atoms with Crippen LogP contribution < -0.4 is 9.47 Å². The molecule has 29 heavy (non-hydrogen) atoms. The molecule has 1 atom stereocenters. The average Bonchev–Trinajstić information content (AvgIpc) is 2.65. The van der Waals surface area contributed by atoms with Gasteiger partial charge in [0.1, 0.15) is 17.2 Å². The number of carboxylic acids is 1. The van der Waals surface area contributed by atoms with Gasteiger partial charge in [0.05, 0.1) is 10.6 Å². The molecule has 0 heterocycles. The number of carboxylic acid groups (broad SMARTS) is 1. The molecule has 3 rings (SSSR count). The zero-order valence-electron chi connectivity index (χ0n) is 15.4. The first kappa shape index (κ1) is 20.8. The second-order valence-corrected chi connectivity index (χ2v) is 6.82. The largest absolute Gasteiger partial charge is 0.479 e. The van der Waals surface area contributed by atoms with Crippen molar-refractivity contribution in [2.45, 2.75) is 26.1 Å². The number of rotatable bonds is 5. The lowest BCUT2D eigenvalue weighted by atomic mass is 10.0. The Balaban J connectivity index is 1.93. The predicted molar refractivity (Wildman–Crippen MR) is 103 cm³/mol. The Morgan fingerprint density at radius 2 is 1.72 bits per heavy atom. The SMILES string of the molecule is Cc1c(OC(C)C(=O)O)ccc2ccc(Oc3ccc(C(F)(F)F)cc3Cl)cc12. The van der Waals surface area contributed by atoms with E-state index in [9.17, 15) is 18.0 Å². The fourth-order valence-corrected chi connectivity index (χ4v) is 2.97. The van der Waals surface area contributed by atoms with E-state index in [1.807, 2.05) is 0 Å². The Kier molecular flexibility index (Phi) is 5.61. The third-order valence-corrected chi connectivity index (χ3v) is 4.65. The van der Waals surface area contributed by atoms with E-state index in [2.05, 4.69) is 0 Å². The highest BCUT2D eigenvalue weighted by Crippen LogP contribution is 2.37. The van der Waals surface area contributed by atoms with Crippen LogP contribution in [0.1, 0.15) is 18.1 Å². The van der Waals surface area contributed by atoms with Gasteiger partial charge in [-0.15, -0.1) is 0 Å². The first-order chi connectivity index (χ1) is 13.6. The maximum Gasteiger partial charge on any atom is 0.416 e. The minimum Gasteiger partial charge on any atom is -0.479 e. The zero-order valence-corrected chi connectivity index (χ0v) is 16.1. The molecule has 0 saturated heterocycles. The van der Waals surface area contributed by atoms with Gasteiger partial charge in [-0.3, -0.25) is 0 Å². The molecule has 0 radical (unpaired) electrons. The van der Waals surface area contributed by atoms with E-state index < -0.39 is 23.8 Å². The molecule has 0 fully saturated rings. The van der Waals surface area contributed by atoms with Crippen molar-refractivity contribution in [3.05, 3.63) is 64.7 Å². The summed E-state index contributed by atoms with van der Waals surface area (Å²) in [6.45, 7) is 3.21. The van der Waals surface area contributed by atoms with Gasteiger partial charge < -0.3 is 14.6 Å². The van der Waals surface area contributed by atoms with Crippen LogP contribution in [0.3, 0.4) is 0 Å². The molecule has 3 aromatic rings. The van der Waals surface area contributed by atoms with Crippen LogP contribution in [0.2, 0.25) is 5.02 Å². The zero-order chi connectivity index (χ0) is 21.3. The minimum atomic E-state index is -4.49. The highest BCUT2D eigenvalue weighted by molar-refractivity contribution is 6.32. The Morgan fingerprint density at radius 1 is 1.07 bits per heavy atom. The van der Waals surface area contributed by atoms with Crippen molar-refractivity contribution in [2.24, 2.45) is 0 Å². The molecule has 152 valence electrons. The maximum atomic E-state index is 12.8. The van der Waals surface area contributed by atoms with Crippen LogP contribution in [0.4, 0.5) is 13.2 Å². The van der Waals surface area contributed by atoms with Gasteiger partial charge in [-0.25, -0.2) is 4.79 Å². The van der Waals surface area contributed by atoms with Crippen molar-refractivity contribution >= 4 is 28.3 Å². The van der Waals surface area contributed by atoms with Crippen LogP contribution in [0.5, 0.6) is 17.2 Å². The third kappa shape index (κ3) is 4.56. The number of carbonyl (C=O) groups is 1. The first-order valence-electron chi connectivity index (χ1n) is 8.53. The Bertz CT molecular complexity index is 1080. The molecular weight excluding hydrogens is 409 g/mol. The number of fused-ring (bicyclic) bond motifs is 1. The highest BCUT2D eigenvalue weighted by atomic mass is 35.5. The normalized spacial score (nSPS) is 12.6. The molecule has 0 amide bonds. The second-order valence-electron chi connectivity index (χ2n) is 6.41. The molecule has 0 aliphatic rings. The van der Waals surface area contributed by atoms with Gasteiger partial charge in [-0.1, -0.05) is 23.7 Å². The topological polar surface area (TPSA) is 55.8 Å². The van der Waals surface area contributed by atoms with E-state index in [1.165, 1.54) is 6.92 Å². The van der Waals surface area contributed by atoms with Crippen LogP contribution in [0.15, 0.2) is 48.5 Å². The van der Waals surface area contributed by atoms with Gasteiger partial charge in [0.2, 0.25) is 0 Å². The highest BCUT2D eigenvalue weighted by Gasteiger charge is 2.31. The summed E-state index contributed by atoms with van der Waals surface area (Å²) in [4.78, 5) is 11.0. The summed E-state index contributed by atoms with van der Waals surface area (Å²) in [6.07, 6.45) is -5.51. The summed E-state index contributed by atoms with van der Waals surface area (Å²) in [5.41, 5.74) is -0.155. The van der Waals surface area contributed by atoms with Crippen LogP contribution in [-0.4, -0.2) is 17.2 Å². The lowest BCUT2D eigenvalue weighted by Gasteiger charge is -2.15. The van der Waals surface area contributed by atoms with Gasteiger partial charge in [0.25, 0.3) is 0 Å². The van der Waals surface area contributed by atoms with E-state index >= 15 is 0 Å². The van der Waals surface area contributed by atoms with Crippen LogP contribution >= 0.6 is 11.6 Å². The number of benzene rings is 3. The number of hydrogen-bond donors (Lipinski definition) is 1. The summed E-state index contributed by atoms with van der Waals surface area (Å²) >= 11 is 5.95. The summed E-state index contributed by atoms with van der Waals surface area (Å²) in [6, 6.07) is 11.5. The van der Waals surface area contributed by atoms with Crippen molar-refractivity contribution in [2.75, 3.05) is 0 Å². The summed E-state index contributed by atoms with van der Waals surface area (Å²) in [7, 11) is 0. The molecular formula is C21H16ClF3O4. The third-order valence-electron chi connectivity index (χ3n) is 4.35. The number of halogens is 4. The molecule has 0 saturated carbocycles. The van der Waals surface area contributed by atoms with Crippen LogP contribution in [-0.2, 0) is 11.0 Å². The summed E-state index contributed by atoms with van der Waals surface area (Å²) < 4.78 is 49.5. The fourth-order valence-electron chi connectivity index (χ4n) is 2.75. The maximum absolute atomic E-state index is 12.8. The fraction of sp³-hybridized carbons (Fsp3) is 0.190. The Morgan fingerprint density at radius 3 is 2.34 bits per heavy atom. The van der Waals surface area contributed by atoms with E-state index in [1.54, 1.807) is 37.3 Å². The number of aliphatic carboxylic acids is 1. The van der Waals surface area contributed by atoms with Gasteiger partial charge in [-0.2, -0.15) is 13.2 Å². The molecule has 8 heteroatoms. The first-order valence-corrected chi connectivity index (χ1v) is 8.91. The van der Waals surface area contributed by atoms with Gasteiger partial charge in [-0.05, 0) is 66.6 Å². The van der Waals surface area contributed by atoms with E-state index in [4.69, 9.17) is 26.2 Å². The van der Waals surface area contributed by atoms with E-state index in [-0.39, 0.29) is 10.8 Å². The van der Waals surface area contributed by atoms with Crippen LogP contribution in [0, 0.1) is 6.92 Å². The number of ether oxygens (including phenoxy) is 2.